The molecule has 0 aliphatic carbocycles. The Morgan fingerprint density at radius 1 is 0.423 bits per heavy atom. The van der Waals surface area contributed by atoms with Gasteiger partial charge in [-0.2, -0.15) is 8.42 Å². The van der Waals surface area contributed by atoms with Gasteiger partial charge in [0.25, 0.3) is 45.6 Å². The van der Waals surface area contributed by atoms with Gasteiger partial charge in [0.2, 0.25) is 0 Å². The number of amides is 6. The lowest BCUT2D eigenvalue weighted by Crippen LogP contribution is -2.33. The molecule has 2 atom stereocenters. The van der Waals surface area contributed by atoms with Gasteiger partial charge >= 0.3 is 0 Å². The average Bonchev–Trinajstić information content (AvgIpc) is 1.68. The molecule has 0 radical (unpaired) electrons. The van der Waals surface area contributed by atoms with Gasteiger partial charge in [0.1, 0.15) is 0 Å². The second kappa shape index (κ2) is 55.2. The highest BCUT2D eigenvalue weighted by molar-refractivity contribution is 7.86. The maximum absolute atomic E-state index is 12.1. The minimum absolute atomic E-state index is 0.0278. The lowest BCUT2D eigenvalue weighted by Gasteiger charge is -2.14. The number of hydrogen-bond donors (Lipinski definition) is 8. The van der Waals surface area contributed by atoms with Crippen LogP contribution in [0.15, 0.2) is 115 Å². The van der Waals surface area contributed by atoms with E-state index in [0.29, 0.717) is 126 Å². The van der Waals surface area contributed by atoms with Crippen molar-refractivity contribution in [3.8, 4) is 0 Å². The van der Waals surface area contributed by atoms with Gasteiger partial charge in [-0.05, 0) is 75.3 Å². The zero-order valence-corrected chi connectivity index (χ0v) is 56.9. The minimum atomic E-state index is -3.71. The molecule has 30 heteroatoms. The standard InChI is InChI=1S/C16H21NO5.C15H17NO4.C12H13NO4.C11H16O5S.C8H19NO3.C4H10O3.CH5N/c1-2-12(18)11-22-10-9-21-8-7-17-15(19)13-5-3-4-6-14(13)16(17)20;1-2-8-19-10-11-20-9-7-16-14(17)12-5-3-4-6-13(12)15(16)18;14-6-8-17-7-5-13-11(15)9-3-1-2-4-10(9)12(13)16;1-10-2-4-11(5-3-10)17(13,14)16-9-8-15-7-6-12;1-2-8(10)7-12-6-5-11-4-3-9;5-1-3-7-4-2-6;1-2/h3-6,12,18H,2,7-11H2,1H3;2-6H,1,7-11H2;1-4,14H,5-8H2;2-5,12H,6-9H2,1H3;8,10H,2-7,9H2,1H3;5-6H,1-4H2;2H2,1H3. The Hall–Kier alpha value is -6.73. The van der Waals surface area contributed by atoms with Crippen LogP contribution in [0.3, 0.4) is 0 Å². The summed E-state index contributed by atoms with van der Waals surface area (Å²) in [5.41, 5.74) is 13.4. The first-order chi connectivity index (χ1) is 46.9. The Labute approximate surface area is 568 Å². The molecule has 7 rings (SSSR count). The Morgan fingerprint density at radius 3 is 1.01 bits per heavy atom. The van der Waals surface area contributed by atoms with Crippen molar-refractivity contribution in [3.05, 3.63) is 149 Å². The van der Waals surface area contributed by atoms with Gasteiger partial charge in [0.15, 0.2) is 0 Å². The van der Waals surface area contributed by atoms with Gasteiger partial charge in [0.05, 0.1) is 222 Å². The van der Waals surface area contributed by atoms with Crippen molar-refractivity contribution in [2.24, 2.45) is 11.5 Å². The number of nitrogens with zero attached hydrogens (tertiary/aromatic N) is 3. The van der Waals surface area contributed by atoms with Gasteiger partial charge in [0, 0.05) is 6.54 Å². The Morgan fingerprint density at radius 2 is 0.701 bits per heavy atom. The van der Waals surface area contributed by atoms with Gasteiger partial charge in [-0.1, -0.05) is 74.0 Å². The van der Waals surface area contributed by atoms with Crippen LogP contribution < -0.4 is 11.5 Å². The summed E-state index contributed by atoms with van der Waals surface area (Å²) in [5, 5.41) is 51.5. The number of hydrogen-bond acceptors (Lipinski definition) is 26. The molecule has 4 aromatic carbocycles. The van der Waals surface area contributed by atoms with Crippen LogP contribution in [0, 0.1) is 6.92 Å². The van der Waals surface area contributed by atoms with E-state index in [0.717, 1.165) is 12.0 Å². The molecule has 97 heavy (non-hydrogen) atoms. The third-order valence-electron chi connectivity index (χ3n) is 12.9. The molecular weight excluding hydrogens is 1290 g/mol. The summed E-state index contributed by atoms with van der Waals surface area (Å²) in [6, 6.07) is 26.8. The second-order valence-corrected chi connectivity index (χ2v) is 21.6. The molecule has 0 aromatic heterocycles. The van der Waals surface area contributed by atoms with Crippen molar-refractivity contribution in [2.75, 3.05) is 185 Å². The van der Waals surface area contributed by atoms with E-state index in [1.165, 1.54) is 33.9 Å². The van der Waals surface area contributed by atoms with Gasteiger partial charge < -0.3 is 84.7 Å². The summed E-state index contributed by atoms with van der Waals surface area (Å²) in [6.07, 6.45) is 2.25. The monoisotopic (exact) mass is 1390 g/mol. The molecular formula is C67H101N5O24S. The summed E-state index contributed by atoms with van der Waals surface area (Å²) in [7, 11) is -2.21. The number of fused-ring (bicyclic) bond motifs is 3. The predicted octanol–water partition coefficient (Wildman–Crippen LogP) is 1.90. The van der Waals surface area contributed by atoms with E-state index in [2.05, 4.69) is 17.0 Å². The predicted molar refractivity (Wildman–Crippen MR) is 357 cm³/mol. The van der Waals surface area contributed by atoms with Crippen molar-refractivity contribution < 1.29 is 115 Å². The van der Waals surface area contributed by atoms with Crippen LogP contribution in [0.4, 0.5) is 0 Å². The second-order valence-electron chi connectivity index (χ2n) is 20.0. The van der Waals surface area contributed by atoms with Crippen molar-refractivity contribution in [1.29, 1.82) is 0 Å². The molecule has 6 amide bonds. The van der Waals surface area contributed by atoms with Crippen LogP contribution in [-0.4, -0.2) is 287 Å². The number of aliphatic hydroxyl groups is 6. The number of carbonyl (C=O) groups is 6. The molecule has 4 aromatic rings. The summed E-state index contributed by atoms with van der Waals surface area (Å²) in [4.78, 5) is 75.7. The summed E-state index contributed by atoms with van der Waals surface area (Å²) in [6.45, 7) is 16.7. The van der Waals surface area contributed by atoms with Crippen molar-refractivity contribution >= 4 is 45.6 Å². The number of nitrogens with two attached hydrogens (primary N) is 2. The zero-order valence-electron chi connectivity index (χ0n) is 56.1. The molecule has 0 saturated carbocycles. The molecule has 0 saturated heterocycles. The molecule has 2 unspecified atom stereocenters. The summed E-state index contributed by atoms with van der Waals surface area (Å²) < 4.78 is 73.9. The SMILES string of the molecule is C=CCOCCOCCN1C(=O)c2ccccc2C1=O.CCC(O)COCCOCCN.CCC(O)COCCOCCN1C(=O)c2ccccc2C1=O.CN.Cc1ccc(S(=O)(=O)OCCOCCO)cc1.O=C1c2ccccc2C(=O)N1CCOCCO.OCCOCCO. The number of imide groups is 3. The number of benzene rings is 4. The number of rotatable bonds is 41. The fraction of sp³-hybridized carbons (Fsp3) is 0.522. The van der Waals surface area contributed by atoms with E-state index in [1.807, 2.05) is 20.8 Å². The number of aliphatic hydroxyl groups excluding tert-OH is 6. The molecule has 0 spiro atoms. The maximum Gasteiger partial charge on any atom is 0.297 e. The highest BCUT2D eigenvalue weighted by atomic mass is 32.2. The molecule has 0 fully saturated rings. The summed E-state index contributed by atoms with van der Waals surface area (Å²) in [5.74, 6) is -1.61. The topological polar surface area (TPSA) is 412 Å². The normalized spacial score (nSPS) is 13.2. The molecule has 29 nitrogen and oxygen atoms in total. The Balaban J connectivity index is 0.000000593. The third kappa shape index (κ3) is 35.1. The summed E-state index contributed by atoms with van der Waals surface area (Å²) >= 11 is 0. The van der Waals surface area contributed by atoms with E-state index in [4.69, 9.17) is 73.3 Å². The van der Waals surface area contributed by atoms with Crippen molar-refractivity contribution in [1.82, 2.24) is 14.7 Å². The first kappa shape index (κ1) is 88.3. The van der Waals surface area contributed by atoms with Crippen LogP contribution in [0.25, 0.3) is 0 Å². The van der Waals surface area contributed by atoms with Crippen LogP contribution in [0.5, 0.6) is 0 Å². The fourth-order valence-corrected chi connectivity index (χ4v) is 8.81. The van der Waals surface area contributed by atoms with Crippen LogP contribution in [-0.2, 0) is 56.9 Å². The quantitative estimate of drug-likeness (QED) is 0.0136. The first-order valence-corrected chi connectivity index (χ1v) is 33.0. The molecule has 10 N–H and O–H groups in total. The molecule has 3 aliphatic rings. The van der Waals surface area contributed by atoms with Gasteiger partial charge in [-0.25, -0.2) is 0 Å². The third-order valence-corrected chi connectivity index (χ3v) is 14.2. The minimum Gasteiger partial charge on any atom is -0.394 e. The van der Waals surface area contributed by atoms with E-state index in [9.17, 15) is 42.3 Å². The molecule has 3 aliphatic heterocycles. The van der Waals surface area contributed by atoms with E-state index < -0.39 is 16.2 Å². The number of aryl methyl sites for hydroxylation is 1. The first-order valence-electron chi connectivity index (χ1n) is 31.6. The van der Waals surface area contributed by atoms with Crippen LogP contribution in [0.2, 0.25) is 0 Å². The van der Waals surface area contributed by atoms with Crippen molar-refractivity contribution in [2.45, 2.75) is 50.7 Å². The largest absolute Gasteiger partial charge is 0.394 e. The smallest absolute Gasteiger partial charge is 0.297 e. The van der Waals surface area contributed by atoms with Crippen molar-refractivity contribution in [3.63, 3.8) is 0 Å². The average molecular weight is 1390 g/mol. The zero-order chi connectivity index (χ0) is 72.1. The van der Waals surface area contributed by atoms with E-state index in [1.54, 1.807) is 91.0 Å². The van der Waals surface area contributed by atoms with Gasteiger partial charge in [-0.15, -0.1) is 6.58 Å². The van der Waals surface area contributed by atoms with E-state index >= 15 is 0 Å². The Bertz CT molecular complexity index is 2840. The van der Waals surface area contributed by atoms with E-state index in [-0.39, 0.29) is 139 Å². The Kier molecular flexibility index (Phi) is 50.2. The van der Waals surface area contributed by atoms with Crippen LogP contribution >= 0.6 is 0 Å². The highest BCUT2D eigenvalue weighted by Gasteiger charge is 2.37. The highest BCUT2D eigenvalue weighted by Crippen LogP contribution is 2.24. The maximum atomic E-state index is 12.1. The van der Waals surface area contributed by atoms with Crippen LogP contribution in [0.1, 0.15) is 94.4 Å². The molecule has 544 valence electrons. The fourth-order valence-electron chi connectivity index (χ4n) is 7.92. The molecule has 0 bridgehead atoms. The molecule has 3 heterocycles. The number of ether oxygens (including phenoxy) is 9. The lowest BCUT2D eigenvalue weighted by molar-refractivity contribution is 0.000488. The lowest BCUT2D eigenvalue weighted by atomic mass is 10.1. The number of carbonyl (C=O) groups excluding carboxylic acids is 6. The van der Waals surface area contributed by atoms with Gasteiger partial charge in [-0.3, -0.25) is 47.7 Å².